The number of carbonyl (C=O) groups is 2. The Morgan fingerprint density at radius 3 is 2.72 bits per heavy atom. The van der Waals surface area contributed by atoms with Gasteiger partial charge in [-0.3, -0.25) is 9.36 Å². The summed E-state index contributed by atoms with van der Waals surface area (Å²) in [6, 6.07) is 6.68. The molecular formula is C16H18N4O4S. The normalized spacial score (nSPS) is 13.5. The van der Waals surface area contributed by atoms with Crippen molar-refractivity contribution in [2.75, 3.05) is 17.7 Å². The second-order valence-electron chi connectivity index (χ2n) is 5.55. The van der Waals surface area contributed by atoms with Gasteiger partial charge >= 0.3 is 11.7 Å². The zero-order valence-electron chi connectivity index (χ0n) is 13.7. The van der Waals surface area contributed by atoms with E-state index in [2.05, 4.69) is 15.5 Å². The molecule has 0 unspecified atom stereocenters. The van der Waals surface area contributed by atoms with E-state index in [1.54, 1.807) is 35.8 Å². The molecule has 0 radical (unpaired) electrons. The number of nitrogens with one attached hydrogen (secondary N) is 2. The predicted molar refractivity (Wildman–Crippen MR) is 92.9 cm³/mol. The molecule has 2 aromatic rings. The summed E-state index contributed by atoms with van der Waals surface area (Å²) in [5.41, 5.74) is 0.777. The maximum absolute atomic E-state index is 12.1. The van der Waals surface area contributed by atoms with Gasteiger partial charge in [0.1, 0.15) is 0 Å². The van der Waals surface area contributed by atoms with Crippen molar-refractivity contribution < 1.29 is 14.3 Å². The summed E-state index contributed by atoms with van der Waals surface area (Å²) in [6.45, 7) is 2.06. The molecule has 1 aromatic carbocycles. The van der Waals surface area contributed by atoms with Crippen LogP contribution in [-0.2, 0) is 9.53 Å². The van der Waals surface area contributed by atoms with Gasteiger partial charge in [0.25, 0.3) is 0 Å². The van der Waals surface area contributed by atoms with Crippen LogP contribution >= 0.6 is 11.8 Å². The minimum atomic E-state index is -0.396. The largest absolute Gasteiger partial charge is 0.462 e. The molecule has 2 N–H and O–H groups in total. The first kappa shape index (κ1) is 17.3. The van der Waals surface area contributed by atoms with Gasteiger partial charge in [-0.1, -0.05) is 11.8 Å². The molecule has 1 saturated carbocycles. The Kier molecular flexibility index (Phi) is 5.22. The maximum atomic E-state index is 12.1. The molecule has 1 fully saturated rings. The number of aromatic amines is 1. The van der Waals surface area contributed by atoms with E-state index in [1.165, 1.54) is 11.8 Å². The van der Waals surface area contributed by atoms with E-state index in [1.807, 2.05) is 0 Å². The molecule has 1 aliphatic rings. The minimum absolute atomic E-state index is 0.136. The van der Waals surface area contributed by atoms with Gasteiger partial charge in [-0.15, -0.1) is 5.10 Å². The van der Waals surface area contributed by atoms with Gasteiger partial charge in [-0.05, 0) is 44.0 Å². The monoisotopic (exact) mass is 362 g/mol. The van der Waals surface area contributed by atoms with Gasteiger partial charge in [0.2, 0.25) is 5.91 Å². The minimum Gasteiger partial charge on any atom is -0.462 e. The van der Waals surface area contributed by atoms with Crippen LogP contribution in [0.5, 0.6) is 0 Å². The topological polar surface area (TPSA) is 106 Å². The van der Waals surface area contributed by atoms with Crippen LogP contribution in [0.25, 0.3) is 0 Å². The summed E-state index contributed by atoms with van der Waals surface area (Å²) in [7, 11) is 0. The van der Waals surface area contributed by atoms with Crippen LogP contribution in [0.4, 0.5) is 5.69 Å². The van der Waals surface area contributed by atoms with Crippen LogP contribution in [-0.4, -0.2) is 39.0 Å². The number of carbonyl (C=O) groups excluding carboxylic acids is 2. The highest BCUT2D eigenvalue weighted by Crippen LogP contribution is 2.35. The van der Waals surface area contributed by atoms with Crippen molar-refractivity contribution in [3.05, 3.63) is 40.3 Å². The summed E-state index contributed by atoms with van der Waals surface area (Å²) >= 11 is 1.21. The van der Waals surface area contributed by atoms with E-state index in [0.29, 0.717) is 23.0 Å². The van der Waals surface area contributed by atoms with Gasteiger partial charge in [0.05, 0.1) is 17.9 Å². The predicted octanol–water partition coefficient (Wildman–Crippen LogP) is 1.81. The number of H-pyrrole nitrogens is 1. The third-order valence-electron chi connectivity index (χ3n) is 3.60. The summed E-state index contributed by atoms with van der Waals surface area (Å²) < 4.78 is 6.51. The summed E-state index contributed by atoms with van der Waals surface area (Å²) in [5, 5.41) is 9.65. The van der Waals surface area contributed by atoms with Crippen LogP contribution in [0, 0.1) is 0 Å². The van der Waals surface area contributed by atoms with Crippen molar-refractivity contribution in [2.24, 2.45) is 0 Å². The Bertz CT molecular complexity index is 823. The highest BCUT2D eigenvalue weighted by atomic mass is 32.2. The summed E-state index contributed by atoms with van der Waals surface area (Å²) in [6.07, 6.45) is 1.93. The Hall–Kier alpha value is -2.55. The average Bonchev–Trinajstić information content (AvgIpc) is 3.36. The number of rotatable bonds is 7. The maximum Gasteiger partial charge on any atom is 0.344 e. The quantitative estimate of drug-likeness (QED) is 0.575. The SMILES string of the molecule is CCOC(=O)c1ccc(NC(=O)CSc2n[nH]c(=O)n2C2CC2)cc1. The van der Waals surface area contributed by atoms with Crippen molar-refractivity contribution in [2.45, 2.75) is 31.0 Å². The fraction of sp³-hybridized carbons (Fsp3) is 0.375. The molecule has 1 aromatic heterocycles. The third kappa shape index (κ3) is 4.30. The van der Waals surface area contributed by atoms with Gasteiger partial charge < -0.3 is 10.1 Å². The molecule has 1 amide bonds. The zero-order valence-corrected chi connectivity index (χ0v) is 14.5. The molecule has 0 bridgehead atoms. The third-order valence-corrected chi connectivity index (χ3v) is 4.55. The highest BCUT2D eigenvalue weighted by Gasteiger charge is 2.28. The van der Waals surface area contributed by atoms with Crippen LogP contribution < -0.4 is 11.0 Å². The lowest BCUT2D eigenvalue weighted by atomic mass is 10.2. The summed E-state index contributed by atoms with van der Waals surface area (Å²) in [5.74, 6) is -0.476. The van der Waals surface area contributed by atoms with Gasteiger partial charge in [-0.25, -0.2) is 14.7 Å². The fourth-order valence-electron chi connectivity index (χ4n) is 2.28. The molecule has 25 heavy (non-hydrogen) atoms. The smallest absolute Gasteiger partial charge is 0.344 e. The lowest BCUT2D eigenvalue weighted by molar-refractivity contribution is -0.113. The standard InChI is InChI=1S/C16H18N4O4S/c1-2-24-14(22)10-3-5-11(6-4-10)17-13(21)9-25-16-19-18-15(23)20(16)12-7-8-12/h3-6,12H,2,7-9H2,1H3,(H,17,21)(H,18,23). The summed E-state index contributed by atoms with van der Waals surface area (Å²) in [4.78, 5) is 35.3. The molecule has 3 rings (SSSR count). The van der Waals surface area contributed by atoms with Crippen molar-refractivity contribution in [3.63, 3.8) is 0 Å². The number of anilines is 1. The first-order valence-electron chi connectivity index (χ1n) is 7.95. The van der Waals surface area contributed by atoms with Crippen LogP contribution in [0.3, 0.4) is 0 Å². The number of nitrogens with zero attached hydrogens (tertiary/aromatic N) is 2. The van der Waals surface area contributed by atoms with E-state index >= 15 is 0 Å². The number of hydrogen-bond donors (Lipinski definition) is 2. The molecule has 0 atom stereocenters. The van der Waals surface area contributed by atoms with Crippen LogP contribution in [0.1, 0.15) is 36.2 Å². The molecule has 8 nitrogen and oxygen atoms in total. The van der Waals surface area contributed by atoms with Gasteiger partial charge in [-0.2, -0.15) is 0 Å². The van der Waals surface area contributed by atoms with Crippen molar-refractivity contribution in [1.29, 1.82) is 0 Å². The van der Waals surface area contributed by atoms with E-state index in [9.17, 15) is 14.4 Å². The zero-order chi connectivity index (χ0) is 17.8. The van der Waals surface area contributed by atoms with Gasteiger partial charge in [0.15, 0.2) is 5.16 Å². The fourth-order valence-corrected chi connectivity index (χ4v) is 3.09. The molecular weight excluding hydrogens is 344 g/mol. The first-order chi connectivity index (χ1) is 12.1. The molecule has 1 aliphatic carbocycles. The number of thioether (sulfide) groups is 1. The number of ether oxygens (including phenoxy) is 1. The van der Waals surface area contributed by atoms with E-state index in [-0.39, 0.29) is 23.4 Å². The molecule has 0 aliphatic heterocycles. The Labute approximate surface area is 148 Å². The lowest BCUT2D eigenvalue weighted by Crippen LogP contribution is -2.18. The number of esters is 1. The van der Waals surface area contributed by atoms with Crippen molar-refractivity contribution >= 4 is 29.3 Å². The first-order valence-corrected chi connectivity index (χ1v) is 8.93. The van der Waals surface area contributed by atoms with Crippen molar-refractivity contribution in [1.82, 2.24) is 14.8 Å². The average molecular weight is 362 g/mol. The molecule has 1 heterocycles. The van der Waals surface area contributed by atoms with Crippen molar-refractivity contribution in [3.8, 4) is 0 Å². The lowest BCUT2D eigenvalue weighted by Gasteiger charge is -2.07. The molecule has 132 valence electrons. The molecule has 0 spiro atoms. The molecule has 0 saturated heterocycles. The van der Waals surface area contributed by atoms with Crippen LogP contribution in [0.2, 0.25) is 0 Å². The van der Waals surface area contributed by atoms with E-state index < -0.39 is 5.97 Å². The second-order valence-corrected chi connectivity index (χ2v) is 6.49. The highest BCUT2D eigenvalue weighted by molar-refractivity contribution is 7.99. The number of aromatic nitrogens is 3. The van der Waals surface area contributed by atoms with Gasteiger partial charge in [0, 0.05) is 11.7 Å². The van der Waals surface area contributed by atoms with Crippen LogP contribution in [0.15, 0.2) is 34.2 Å². The number of hydrogen-bond acceptors (Lipinski definition) is 6. The van der Waals surface area contributed by atoms with E-state index in [4.69, 9.17) is 4.74 Å². The Morgan fingerprint density at radius 2 is 2.08 bits per heavy atom. The molecule has 9 heteroatoms. The Balaban J connectivity index is 1.54. The second kappa shape index (κ2) is 7.56. The van der Waals surface area contributed by atoms with E-state index in [0.717, 1.165) is 12.8 Å². The number of amides is 1. The Morgan fingerprint density at radius 1 is 1.36 bits per heavy atom. The number of benzene rings is 1.